The minimum absolute atomic E-state index is 0.0304. The normalized spacial score (nSPS) is 23.0. The third kappa shape index (κ3) is 2.42. The number of hydrogen-bond acceptors (Lipinski definition) is 2. The minimum Gasteiger partial charge on any atom is -0.306 e. The Labute approximate surface area is 141 Å². The van der Waals surface area contributed by atoms with Gasteiger partial charge in [0, 0.05) is 29.8 Å². The van der Waals surface area contributed by atoms with Crippen LogP contribution < -0.4 is 4.90 Å². The summed E-state index contributed by atoms with van der Waals surface area (Å²) in [4.78, 5) is 17.4. The van der Waals surface area contributed by atoms with Gasteiger partial charge in [0.25, 0.3) is 5.91 Å². The number of carbonyl (C=O) groups is 1. The molecule has 1 amide bonds. The fourth-order valence-corrected chi connectivity index (χ4v) is 4.08. The van der Waals surface area contributed by atoms with E-state index in [0.29, 0.717) is 11.5 Å². The molecule has 0 spiro atoms. The summed E-state index contributed by atoms with van der Waals surface area (Å²) in [6.45, 7) is 4.04. The first-order valence-corrected chi connectivity index (χ1v) is 8.43. The lowest BCUT2D eigenvalue weighted by Gasteiger charge is -2.36. The van der Waals surface area contributed by atoms with Gasteiger partial charge in [-0.2, -0.15) is 0 Å². The van der Waals surface area contributed by atoms with Crippen molar-refractivity contribution in [2.24, 2.45) is 0 Å². The van der Waals surface area contributed by atoms with E-state index in [1.165, 1.54) is 23.3 Å². The Morgan fingerprint density at radius 3 is 2.67 bits per heavy atom. The molecule has 1 fully saturated rings. The van der Waals surface area contributed by atoms with Crippen molar-refractivity contribution >= 4 is 11.6 Å². The van der Waals surface area contributed by atoms with Gasteiger partial charge in [0.1, 0.15) is 5.82 Å². The van der Waals surface area contributed by atoms with Gasteiger partial charge in [-0.1, -0.05) is 17.7 Å². The molecule has 0 bridgehead atoms. The molecule has 4 heteroatoms. The van der Waals surface area contributed by atoms with Gasteiger partial charge < -0.3 is 9.80 Å². The van der Waals surface area contributed by atoms with Crippen LogP contribution >= 0.6 is 0 Å². The Balaban J connectivity index is 1.77. The quantitative estimate of drug-likeness (QED) is 0.800. The van der Waals surface area contributed by atoms with E-state index in [-0.39, 0.29) is 17.8 Å². The maximum absolute atomic E-state index is 13.2. The highest BCUT2D eigenvalue weighted by atomic mass is 19.1. The SMILES string of the molecule is Cc1ccc2c(c1)[C@H]1CN(C)CC[C@@H]1N2C(=O)c1ccc(F)cc1. The zero-order valence-corrected chi connectivity index (χ0v) is 14.0. The second-order valence-electron chi connectivity index (χ2n) is 6.97. The lowest BCUT2D eigenvalue weighted by molar-refractivity contribution is 0.0964. The predicted molar refractivity (Wildman–Crippen MR) is 93.0 cm³/mol. The van der Waals surface area contributed by atoms with E-state index < -0.39 is 0 Å². The molecule has 3 nitrogen and oxygen atoms in total. The summed E-state index contributed by atoms with van der Waals surface area (Å²) in [7, 11) is 2.14. The molecule has 124 valence electrons. The van der Waals surface area contributed by atoms with Crippen molar-refractivity contribution in [2.45, 2.75) is 25.3 Å². The second kappa shape index (κ2) is 5.71. The minimum atomic E-state index is -0.318. The number of piperidine rings is 1. The standard InChI is InChI=1S/C20H21FN2O/c1-13-3-8-18-16(11-13)17-12-22(2)10-9-19(17)23(18)20(24)14-4-6-15(21)7-5-14/h3-8,11,17,19H,9-10,12H2,1-2H3/t17-,19+/m1/s1. The molecule has 0 saturated carbocycles. The lowest BCUT2D eigenvalue weighted by atomic mass is 9.88. The van der Waals surface area contributed by atoms with Crippen LogP contribution in [0.4, 0.5) is 10.1 Å². The molecule has 2 atom stereocenters. The molecular formula is C20H21FN2O. The maximum Gasteiger partial charge on any atom is 0.258 e. The highest BCUT2D eigenvalue weighted by Crippen LogP contribution is 2.45. The maximum atomic E-state index is 13.2. The van der Waals surface area contributed by atoms with Gasteiger partial charge >= 0.3 is 0 Å². The Bertz CT molecular complexity index is 787. The van der Waals surface area contributed by atoms with E-state index in [9.17, 15) is 9.18 Å². The van der Waals surface area contributed by atoms with Crippen LogP contribution in [0.25, 0.3) is 0 Å². The zero-order valence-electron chi connectivity index (χ0n) is 14.0. The van der Waals surface area contributed by atoms with Gasteiger partial charge in [-0.3, -0.25) is 4.79 Å². The van der Waals surface area contributed by atoms with Crippen LogP contribution in [0, 0.1) is 12.7 Å². The molecule has 24 heavy (non-hydrogen) atoms. The summed E-state index contributed by atoms with van der Waals surface area (Å²) in [5.41, 5.74) is 4.04. The van der Waals surface area contributed by atoms with Crippen molar-refractivity contribution in [1.29, 1.82) is 0 Å². The third-order valence-corrected chi connectivity index (χ3v) is 5.26. The molecule has 2 aliphatic rings. The van der Waals surface area contributed by atoms with Crippen LogP contribution in [0.5, 0.6) is 0 Å². The van der Waals surface area contributed by atoms with Crippen LogP contribution in [0.1, 0.15) is 33.8 Å². The number of likely N-dealkylation sites (tertiary alicyclic amines) is 1. The molecule has 2 aromatic carbocycles. The fraction of sp³-hybridized carbons (Fsp3) is 0.350. The second-order valence-corrected chi connectivity index (χ2v) is 6.97. The summed E-state index contributed by atoms with van der Waals surface area (Å²) in [6, 6.07) is 12.4. The molecule has 0 unspecified atom stereocenters. The molecule has 4 rings (SSSR count). The predicted octanol–water partition coefficient (Wildman–Crippen LogP) is 3.58. The number of nitrogens with zero attached hydrogens (tertiary/aromatic N) is 2. The number of benzene rings is 2. The van der Waals surface area contributed by atoms with Gasteiger partial charge in [0.05, 0.1) is 0 Å². The Hall–Kier alpha value is -2.20. The number of likely N-dealkylation sites (N-methyl/N-ethyl adjacent to an activating group) is 1. The Morgan fingerprint density at radius 2 is 1.92 bits per heavy atom. The molecule has 2 heterocycles. The average Bonchev–Trinajstić information content (AvgIpc) is 2.88. The Kier molecular flexibility index (Phi) is 3.65. The largest absolute Gasteiger partial charge is 0.306 e. The summed E-state index contributed by atoms with van der Waals surface area (Å²) >= 11 is 0. The smallest absolute Gasteiger partial charge is 0.258 e. The molecule has 1 saturated heterocycles. The monoisotopic (exact) mass is 324 g/mol. The third-order valence-electron chi connectivity index (χ3n) is 5.26. The summed E-state index contributed by atoms with van der Waals surface area (Å²) in [5, 5.41) is 0. The fourth-order valence-electron chi connectivity index (χ4n) is 4.08. The summed E-state index contributed by atoms with van der Waals surface area (Å²) < 4.78 is 13.2. The van der Waals surface area contributed by atoms with Crippen LogP contribution in [0.3, 0.4) is 0 Å². The van der Waals surface area contributed by atoms with Crippen LogP contribution in [-0.4, -0.2) is 37.0 Å². The van der Waals surface area contributed by atoms with Gasteiger partial charge in [-0.15, -0.1) is 0 Å². The summed E-state index contributed by atoms with van der Waals surface area (Å²) in [6.07, 6.45) is 0.960. The van der Waals surface area contributed by atoms with Crippen molar-refractivity contribution in [2.75, 3.05) is 25.0 Å². The van der Waals surface area contributed by atoms with Gasteiger partial charge in [0.15, 0.2) is 0 Å². The van der Waals surface area contributed by atoms with Crippen molar-refractivity contribution in [3.63, 3.8) is 0 Å². The highest BCUT2D eigenvalue weighted by molar-refractivity contribution is 6.08. The van der Waals surface area contributed by atoms with Crippen molar-refractivity contribution < 1.29 is 9.18 Å². The van der Waals surface area contributed by atoms with Gasteiger partial charge in [-0.05, 0) is 62.8 Å². The zero-order chi connectivity index (χ0) is 16.8. The first-order valence-electron chi connectivity index (χ1n) is 8.43. The van der Waals surface area contributed by atoms with Crippen molar-refractivity contribution in [3.8, 4) is 0 Å². The molecular weight excluding hydrogens is 303 g/mol. The summed E-state index contributed by atoms with van der Waals surface area (Å²) in [5.74, 6) is 0.00127. The number of fused-ring (bicyclic) bond motifs is 3. The van der Waals surface area contributed by atoms with Crippen LogP contribution in [-0.2, 0) is 0 Å². The van der Waals surface area contributed by atoms with E-state index in [1.54, 1.807) is 12.1 Å². The van der Waals surface area contributed by atoms with E-state index in [1.807, 2.05) is 4.90 Å². The number of amides is 1. The van der Waals surface area contributed by atoms with E-state index >= 15 is 0 Å². The van der Waals surface area contributed by atoms with Crippen LogP contribution in [0.15, 0.2) is 42.5 Å². The van der Waals surface area contributed by atoms with Crippen LogP contribution in [0.2, 0.25) is 0 Å². The number of carbonyl (C=O) groups excluding carboxylic acids is 1. The molecule has 0 aliphatic carbocycles. The molecule has 0 N–H and O–H groups in total. The van der Waals surface area contributed by atoms with Crippen molar-refractivity contribution in [1.82, 2.24) is 4.90 Å². The van der Waals surface area contributed by atoms with E-state index in [0.717, 1.165) is 25.2 Å². The number of anilines is 1. The van der Waals surface area contributed by atoms with Gasteiger partial charge in [-0.25, -0.2) is 4.39 Å². The highest BCUT2D eigenvalue weighted by Gasteiger charge is 2.44. The molecule has 2 aromatic rings. The Morgan fingerprint density at radius 1 is 1.17 bits per heavy atom. The first kappa shape index (κ1) is 15.3. The van der Waals surface area contributed by atoms with E-state index in [2.05, 4.69) is 37.1 Å². The van der Waals surface area contributed by atoms with Gasteiger partial charge in [0.2, 0.25) is 0 Å². The lowest BCUT2D eigenvalue weighted by Crippen LogP contribution is -2.47. The first-order chi connectivity index (χ1) is 11.5. The molecule has 2 aliphatic heterocycles. The average molecular weight is 324 g/mol. The number of aryl methyl sites for hydroxylation is 1. The molecule has 0 aromatic heterocycles. The van der Waals surface area contributed by atoms with Crippen molar-refractivity contribution in [3.05, 3.63) is 65.0 Å². The number of rotatable bonds is 1. The molecule has 0 radical (unpaired) electrons. The van der Waals surface area contributed by atoms with E-state index in [4.69, 9.17) is 0 Å². The number of hydrogen-bond donors (Lipinski definition) is 0. The number of halogens is 1. The topological polar surface area (TPSA) is 23.6 Å².